The largest absolute Gasteiger partial charge is 0.381 e. The monoisotopic (exact) mass is 487 g/mol. The Balaban J connectivity index is 0.000000247. The Labute approximate surface area is 211 Å². The number of amides is 3. The molecule has 0 bridgehead atoms. The second-order valence-electron chi connectivity index (χ2n) is 9.99. The van der Waals surface area contributed by atoms with Gasteiger partial charge in [0, 0.05) is 38.6 Å². The summed E-state index contributed by atoms with van der Waals surface area (Å²) in [6.45, 7) is 11.9. The molecule has 1 saturated heterocycles. The number of nitrogens with zero attached hydrogens (tertiary/aromatic N) is 2. The van der Waals surface area contributed by atoms with E-state index in [2.05, 4.69) is 18.7 Å². The third-order valence-corrected chi connectivity index (χ3v) is 7.36. The highest BCUT2D eigenvalue weighted by molar-refractivity contribution is 5.93. The van der Waals surface area contributed by atoms with Gasteiger partial charge in [0.2, 0.25) is 17.7 Å². The van der Waals surface area contributed by atoms with Gasteiger partial charge in [-0.2, -0.15) is 0 Å². The summed E-state index contributed by atoms with van der Waals surface area (Å²) < 4.78 is 5.62. The fourth-order valence-corrected chi connectivity index (χ4v) is 5.20. The zero-order chi connectivity index (χ0) is 25.8. The number of rotatable bonds is 8. The number of ether oxygens (including phenoxy) is 1. The van der Waals surface area contributed by atoms with Crippen LogP contribution in [0.15, 0.2) is 24.3 Å². The van der Waals surface area contributed by atoms with E-state index in [1.807, 2.05) is 0 Å². The first-order valence-corrected chi connectivity index (χ1v) is 13.2. The van der Waals surface area contributed by atoms with Crippen molar-refractivity contribution in [1.82, 2.24) is 9.80 Å². The maximum absolute atomic E-state index is 11.2. The van der Waals surface area contributed by atoms with E-state index in [-0.39, 0.29) is 18.4 Å². The molecule has 0 spiro atoms. The third-order valence-electron chi connectivity index (χ3n) is 7.36. The van der Waals surface area contributed by atoms with E-state index < -0.39 is 5.91 Å². The topological polar surface area (TPSA) is 92.9 Å². The van der Waals surface area contributed by atoms with Crippen molar-refractivity contribution < 1.29 is 19.1 Å². The van der Waals surface area contributed by atoms with Crippen LogP contribution in [0.5, 0.6) is 0 Å². The molecule has 0 radical (unpaired) electrons. The highest BCUT2D eigenvalue weighted by atomic mass is 16.5. The number of likely N-dealkylation sites (tertiary alicyclic amines) is 1. The number of hydrogen-bond acceptors (Lipinski definition) is 5. The minimum absolute atomic E-state index is 0.198. The first-order chi connectivity index (χ1) is 16.7. The minimum atomic E-state index is -0.508. The number of piperidine rings is 1. The van der Waals surface area contributed by atoms with Crippen LogP contribution in [0.1, 0.15) is 88.6 Å². The molecule has 1 aliphatic carbocycles. The van der Waals surface area contributed by atoms with E-state index in [0.717, 1.165) is 41.6 Å². The molecule has 2 aliphatic rings. The van der Waals surface area contributed by atoms with Gasteiger partial charge >= 0.3 is 0 Å². The standard InChI is InChI=1S/C16H31NO.C12H14N2O3/c1-3-18-13-15-8-7-11-17(12-15)14(2)16-9-5-4-6-10-16;1-8(15)14(9(2)16)7-10-3-5-11(6-4-10)12(13)17/h14-16H,3-13H2,1-2H3;3-6H,7H2,1-2H3,(H2,13,17). The molecule has 7 heteroatoms. The summed E-state index contributed by atoms with van der Waals surface area (Å²) in [7, 11) is 0. The molecule has 1 heterocycles. The lowest BCUT2D eigenvalue weighted by atomic mass is 9.83. The number of nitrogens with two attached hydrogens (primary N) is 1. The van der Waals surface area contributed by atoms with Gasteiger partial charge in [0.05, 0.1) is 13.2 Å². The van der Waals surface area contributed by atoms with E-state index in [4.69, 9.17) is 10.5 Å². The van der Waals surface area contributed by atoms with E-state index in [1.165, 1.54) is 71.9 Å². The van der Waals surface area contributed by atoms with Gasteiger partial charge in [-0.15, -0.1) is 0 Å². The molecule has 1 aliphatic heterocycles. The average Bonchev–Trinajstić information content (AvgIpc) is 2.86. The Morgan fingerprint density at radius 1 is 1.03 bits per heavy atom. The van der Waals surface area contributed by atoms with Crippen molar-refractivity contribution in [2.45, 2.75) is 85.2 Å². The molecule has 1 aromatic rings. The Bertz CT molecular complexity index is 791. The van der Waals surface area contributed by atoms with Crippen LogP contribution >= 0.6 is 0 Å². The molecule has 35 heavy (non-hydrogen) atoms. The molecule has 196 valence electrons. The predicted molar refractivity (Wildman–Crippen MR) is 139 cm³/mol. The summed E-state index contributed by atoms with van der Waals surface area (Å²) in [4.78, 5) is 37.1. The molecule has 1 saturated carbocycles. The zero-order valence-corrected chi connectivity index (χ0v) is 22.1. The lowest BCUT2D eigenvalue weighted by molar-refractivity contribution is -0.142. The van der Waals surface area contributed by atoms with E-state index in [0.29, 0.717) is 5.56 Å². The van der Waals surface area contributed by atoms with Gasteiger partial charge in [-0.3, -0.25) is 19.3 Å². The molecule has 2 atom stereocenters. The first-order valence-electron chi connectivity index (χ1n) is 13.2. The maximum Gasteiger partial charge on any atom is 0.248 e. The van der Waals surface area contributed by atoms with E-state index >= 15 is 0 Å². The number of primary amides is 1. The molecular formula is C28H45N3O4. The van der Waals surface area contributed by atoms with Crippen molar-refractivity contribution in [3.05, 3.63) is 35.4 Å². The van der Waals surface area contributed by atoms with Crippen molar-refractivity contribution in [2.24, 2.45) is 17.6 Å². The molecular weight excluding hydrogens is 442 g/mol. The van der Waals surface area contributed by atoms with Crippen molar-refractivity contribution in [3.8, 4) is 0 Å². The van der Waals surface area contributed by atoms with Gasteiger partial charge in [0.15, 0.2) is 0 Å². The second kappa shape index (κ2) is 15.0. The lowest BCUT2D eigenvalue weighted by Gasteiger charge is -2.41. The summed E-state index contributed by atoms with van der Waals surface area (Å²) in [5, 5.41) is 0. The normalized spacial score (nSPS) is 19.8. The number of benzene rings is 1. The molecule has 2 N–H and O–H groups in total. The summed E-state index contributed by atoms with van der Waals surface area (Å²) in [5.41, 5.74) is 6.26. The number of carbonyl (C=O) groups is 3. The quantitative estimate of drug-likeness (QED) is 0.587. The Hall–Kier alpha value is -2.25. The van der Waals surface area contributed by atoms with E-state index in [1.54, 1.807) is 24.3 Å². The Morgan fingerprint density at radius 3 is 2.20 bits per heavy atom. The minimum Gasteiger partial charge on any atom is -0.381 e. The Morgan fingerprint density at radius 2 is 1.66 bits per heavy atom. The lowest BCUT2D eigenvalue weighted by Crippen LogP contribution is -2.46. The highest BCUT2D eigenvalue weighted by Crippen LogP contribution is 2.31. The van der Waals surface area contributed by atoms with Crippen LogP contribution < -0.4 is 5.73 Å². The van der Waals surface area contributed by atoms with Crippen LogP contribution in [-0.4, -0.2) is 59.9 Å². The van der Waals surface area contributed by atoms with Crippen molar-refractivity contribution in [3.63, 3.8) is 0 Å². The molecule has 7 nitrogen and oxygen atoms in total. The third kappa shape index (κ3) is 9.73. The zero-order valence-electron chi connectivity index (χ0n) is 22.1. The summed E-state index contributed by atoms with van der Waals surface area (Å²) in [6.07, 6.45) is 10.1. The van der Waals surface area contributed by atoms with Crippen LogP contribution in [0, 0.1) is 11.8 Å². The molecule has 3 amide bonds. The molecule has 1 aromatic carbocycles. The fraction of sp³-hybridized carbons (Fsp3) is 0.679. The van der Waals surface area contributed by atoms with Gasteiger partial charge in [-0.25, -0.2) is 0 Å². The average molecular weight is 488 g/mol. The van der Waals surface area contributed by atoms with Crippen LogP contribution in [0.25, 0.3) is 0 Å². The van der Waals surface area contributed by atoms with Gasteiger partial charge in [0.25, 0.3) is 0 Å². The Kier molecular flexibility index (Phi) is 12.4. The van der Waals surface area contributed by atoms with Gasteiger partial charge in [0.1, 0.15) is 0 Å². The van der Waals surface area contributed by atoms with Crippen molar-refractivity contribution in [2.75, 3.05) is 26.3 Å². The van der Waals surface area contributed by atoms with Gasteiger partial charge in [-0.05, 0) is 75.6 Å². The number of carbonyl (C=O) groups excluding carboxylic acids is 3. The van der Waals surface area contributed by atoms with Gasteiger partial charge < -0.3 is 15.4 Å². The second-order valence-corrected chi connectivity index (χ2v) is 9.99. The summed E-state index contributed by atoms with van der Waals surface area (Å²) in [5.74, 6) is 0.619. The number of hydrogen-bond donors (Lipinski definition) is 1. The van der Waals surface area contributed by atoms with Crippen LogP contribution in [0.2, 0.25) is 0 Å². The number of imide groups is 1. The fourth-order valence-electron chi connectivity index (χ4n) is 5.20. The van der Waals surface area contributed by atoms with Crippen LogP contribution in [0.3, 0.4) is 0 Å². The SMILES string of the molecule is CC(=O)N(Cc1ccc(C(N)=O)cc1)C(C)=O.CCOCC1CCCN(C(C)C2CCCCC2)C1. The van der Waals surface area contributed by atoms with Crippen LogP contribution in [0.4, 0.5) is 0 Å². The smallest absolute Gasteiger partial charge is 0.248 e. The van der Waals surface area contributed by atoms with Crippen LogP contribution in [-0.2, 0) is 20.9 Å². The predicted octanol–water partition coefficient (Wildman–Crippen LogP) is 4.38. The maximum atomic E-state index is 11.2. The molecule has 0 aromatic heterocycles. The first kappa shape index (κ1) is 29.0. The summed E-state index contributed by atoms with van der Waals surface area (Å²) in [6, 6.07) is 7.26. The molecule has 3 rings (SSSR count). The molecule has 2 unspecified atom stereocenters. The van der Waals surface area contributed by atoms with Gasteiger partial charge in [-0.1, -0.05) is 31.4 Å². The summed E-state index contributed by atoms with van der Waals surface area (Å²) >= 11 is 0. The van der Waals surface area contributed by atoms with E-state index in [9.17, 15) is 14.4 Å². The van der Waals surface area contributed by atoms with Crippen molar-refractivity contribution >= 4 is 17.7 Å². The van der Waals surface area contributed by atoms with Crippen molar-refractivity contribution in [1.29, 1.82) is 0 Å². The molecule has 2 fully saturated rings. The highest BCUT2D eigenvalue weighted by Gasteiger charge is 2.29.